The van der Waals surface area contributed by atoms with Gasteiger partial charge in [-0.1, -0.05) is 11.6 Å². The number of rotatable bonds is 2. The quantitative estimate of drug-likeness (QED) is 0.809. The van der Waals surface area contributed by atoms with Gasteiger partial charge in [0.1, 0.15) is 11.9 Å². The molecule has 92 valence electrons. The molecule has 2 aliphatic rings. The van der Waals surface area contributed by atoms with E-state index in [-0.39, 0.29) is 0 Å². The molecule has 2 bridgehead atoms. The molecule has 2 unspecified atom stereocenters. The molecular formula is C13H17ClN2O. The predicted octanol–water partition coefficient (Wildman–Crippen LogP) is 2.74. The maximum atomic E-state index is 5.99. The van der Waals surface area contributed by atoms with Crippen LogP contribution in [0.1, 0.15) is 25.7 Å². The Hall–Kier alpha value is -0.800. The number of aromatic nitrogens is 1. The van der Waals surface area contributed by atoms with Crippen molar-refractivity contribution in [1.82, 2.24) is 9.88 Å². The Morgan fingerprint density at radius 1 is 1.29 bits per heavy atom. The van der Waals surface area contributed by atoms with Gasteiger partial charge in [0.15, 0.2) is 0 Å². The van der Waals surface area contributed by atoms with E-state index < -0.39 is 0 Å². The lowest BCUT2D eigenvalue weighted by molar-refractivity contribution is 0.0659. The molecule has 2 fully saturated rings. The van der Waals surface area contributed by atoms with Gasteiger partial charge in [0, 0.05) is 24.3 Å². The van der Waals surface area contributed by atoms with Crippen LogP contribution in [0.25, 0.3) is 0 Å². The van der Waals surface area contributed by atoms with Crippen LogP contribution < -0.4 is 4.74 Å². The van der Waals surface area contributed by atoms with Gasteiger partial charge in [0.05, 0.1) is 11.2 Å². The molecule has 0 radical (unpaired) electrons. The third-order valence-electron chi connectivity index (χ3n) is 4.04. The number of ether oxygens (including phenoxy) is 1. The van der Waals surface area contributed by atoms with Crippen LogP contribution >= 0.6 is 11.6 Å². The molecule has 3 heterocycles. The van der Waals surface area contributed by atoms with E-state index in [2.05, 4.69) is 16.9 Å². The van der Waals surface area contributed by atoms with Gasteiger partial charge < -0.3 is 9.64 Å². The largest absolute Gasteiger partial charge is 0.489 e. The minimum absolute atomic E-state index is 0.323. The van der Waals surface area contributed by atoms with Crippen LogP contribution in [0, 0.1) is 0 Å². The summed E-state index contributed by atoms with van der Waals surface area (Å²) in [5.74, 6) is 0.798. The summed E-state index contributed by atoms with van der Waals surface area (Å²) in [5, 5.41) is 0.637. The van der Waals surface area contributed by atoms with Crippen molar-refractivity contribution in [1.29, 1.82) is 0 Å². The van der Waals surface area contributed by atoms with E-state index in [4.69, 9.17) is 16.3 Å². The number of nitrogens with zero attached hydrogens (tertiary/aromatic N) is 2. The van der Waals surface area contributed by atoms with Crippen molar-refractivity contribution >= 4 is 11.6 Å². The van der Waals surface area contributed by atoms with Crippen molar-refractivity contribution in [2.75, 3.05) is 7.05 Å². The van der Waals surface area contributed by atoms with E-state index >= 15 is 0 Å². The molecule has 1 aromatic rings. The van der Waals surface area contributed by atoms with Crippen molar-refractivity contribution in [3.8, 4) is 5.75 Å². The maximum absolute atomic E-state index is 5.99. The van der Waals surface area contributed by atoms with Crippen LogP contribution in [0.3, 0.4) is 0 Å². The molecular weight excluding hydrogens is 236 g/mol. The zero-order valence-corrected chi connectivity index (χ0v) is 10.7. The van der Waals surface area contributed by atoms with E-state index in [0.29, 0.717) is 23.2 Å². The molecule has 0 saturated carbocycles. The Labute approximate surface area is 107 Å². The smallest absolute Gasteiger partial charge is 0.139 e. The molecule has 0 N–H and O–H groups in total. The molecule has 2 saturated heterocycles. The highest BCUT2D eigenvalue weighted by Crippen LogP contribution is 2.35. The molecule has 1 aromatic heterocycles. The van der Waals surface area contributed by atoms with Crippen LogP contribution in [0.2, 0.25) is 5.02 Å². The molecule has 2 aliphatic heterocycles. The molecule has 0 aliphatic carbocycles. The summed E-state index contributed by atoms with van der Waals surface area (Å²) in [4.78, 5) is 6.56. The first-order valence-corrected chi connectivity index (χ1v) is 6.59. The van der Waals surface area contributed by atoms with Crippen molar-refractivity contribution in [3.05, 3.63) is 23.5 Å². The zero-order chi connectivity index (χ0) is 11.8. The lowest BCUT2D eigenvalue weighted by atomic mass is 10.0. The number of fused-ring (bicyclic) bond motifs is 2. The third-order valence-corrected chi connectivity index (χ3v) is 4.24. The summed E-state index contributed by atoms with van der Waals surface area (Å²) >= 11 is 5.90. The molecule has 4 heteroatoms. The van der Waals surface area contributed by atoms with Gasteiger partial charge in [-0.05, 0) is 32.7 Å². The molecule has 0 aromatic carbocycles. The van der Waals surface area contributed by atoms with Crippen LogP contribution in [-0.2, 0) is 0 Å². The Morgan fingerprint density at radius 3 is 2.65 bits per heavy atom. The maximum Gasteiger partial charge on any atom is 0.139 e. The molecule has 0 spiro atoms. The first kappa shape index (κ1) is 11.3. The van der Waals surface area contributed by atoms with Crippen molar-refractivity contribution < 1.29 is 4.74 Å². The number of hydrogen-bond donors (Lipinski definition) is 0. The highest BCUT2D eigenvalue weighted by molar-refractivity contribution is 6.30. The number of hydrogen-bond acceptors (Lipinski definition) is 3. The molecule has 17 heavy (non-hydrogen) atoms. The fourth-order valence-electron chi connectivity index (χ4n) is 3.11. The van der Waals surface area contributed by atoms with Gasteiger partial charge in [-0.15, -0.1) is 0 Å². The SMILES string of the molecule is CN1C2CCC1CC(Oc1cncc(Cl)c1)C2. The van der Waals surface area contributed by atoms with E-state index in [1.165, 1.54) is 12.8 Å². The molecule has 0 amide bonds. The molecule has 3 rings (SSSR count). The van der Waals surface area contributed by atoms with Crippen molar-refractivity contribution in [2.24, 2.45) is 0 Å². The average Bonchev–Trinajstić information content (AvgIpc) is 2.52. The number of halogens is 1. The second-order valence-electron chi connectivity index (χ2n) is 5.10. The summed E-state index contributed by atoms with van der Waals surface area (Å²) < 4.78 is 5.99. The molecule has 2 atom stereocenters. The summed E-state index contributed by atoms with van der Waals surface area (Å²) in [7, 11) is 2.24. The lowest BCUT2D eigenvalue weighted by Crippen LogP contribution is -2.43. The summed E-state index contributed by atoms with van der Waals surface area (Å²) in [5.41, 5.74) is 0. The number of piperidine rings is 1. The highest BCUT2D eigenvalue weighted by atomic mass is 35.5. The van der Waals surface area contributed by atoms with E-state index in [1.807, 2.05) is 6.07 Å². The van der Waals surface area contributed by atoms with Gasteiger partial charge in [0.2, 0.25) is 0 Å². The normalized spacial score (nSPS) is 32.7. The van der Waals surface area contributed by atoms with Crippen molar-refractivity contribution in [3.63, 3.8) is 0 Å². The second kappa shape index (κ2) is 4.46. The van der Waals surface area contributed by atoms with Crippen molar-refractivity contribution in [2.45, 2.75) is 43.9 Å². The Kier molecular flexibility index (Phi) is 2.97. The Balaban J connectivity index is 1.67. The van der Waals surface area contributed by atoms with Crippen LogP contribution in [-0.4, -0.2) is 35.1 Å². The Bertz CT molecular complexity index is 398. The summed E-state index contributed by atoms with van der Waals surface area (Å²) in [6.07, 6.45) is 8.57. The standard InChI is InChI=1S/C13H17ClN2O/c1-16-10-2-3-11(16)6-12(5-10)17-13-4-9(14)7-15-8-13/h4,7-8,10-12H,2-3,5-6H2,1H3. The van der Waals surface area contributed by atoms with Gasteiger partial charge in [-0.2, -0.15) is 0 Å². The summed E-state index contributed by atoms with van der Waals surface area (Å²) in [6, 6.07) is 3.24. The number of pyridine rings is 1. The fourth-order valence-corrected chi connectivity index (χ4v) is 3.27. The van der Waals surface area contributed by atoms with E-state index in [0.717, 1.165) is 18.6 Å². The van der Waals surface area contributed by atoms with Gasteiger partial charge in [0.25, 0.3) is 0 Å². The topological polar surface area (TPSA) is 25.4 Å². The zero-order valence-electron chi connectivity index (χ0n) is 9.97. The summed E-state index contributed by atoms with van der Waals surface area (Å²) in [6.45, 7) is 0. The first-order valence-electron chi connectivity index (χ1n) is 6.21. The lowest BCUT2D eigenvalue weighted by Gasteiger charge is -2.36. The van der Waals surface area contributed by atoms with Crippen LogP contribution in [0.5, 0.6) is 5.75 Å². The average molecular weight is 253 g/mol. The van der Waals surface area contributed by atoms with E-state index in [9.17, 15) is 0 Å². The monoisotopic (exact) mass is 252 g/mol. The van der Waals surface area contributed by atoms with Crippen LogP contribution in [0.15, 0.2) is 18.5 Å². The van der Waals surface area contributed by atoms with E-state index in [1.54, 1.807) is 12.4 Å². The molecule has 3 nitrogen and oxygen atoms in total. The second-order valence-corrected chi connectivity index (χ2v) is 5.54. The highest BCUT2D eigenvalue weighted by Gasteiger charge is 2.39. The van der Waals surface area contributed by atoms with Gasteiger partial charge in [-0.25, -0.2) is 0 Å². The van der Waals surface area contributed by atoms with Crippen LogP contribution in [0.4, 0.5) is 0 Å². The first-order chi connectivity index (χ1) is 8.22. The minimum atomic E-state index is 0.323. The predicted molar refractivity (Wildman–Crippen MR) is 67.5 cm³/mol. The van der Waals surface area contributed by atoms with Gasteiger partial charge >= 0.3 is 0 Å². The minimum Gasteiger partial charge on any atom is -0.489 e. The third kappa shape index (κ3) is 2.26. The Morgan fingerprint density at radius 2 is 2.00 bits per heavy atom. The fraction of sp³-hybridized carbons (Fsp3) is 0.615. The van der Waals surface area contributed by atoms with Gasteiger partial charge in [-0.3, -0.25) is 4.98 Å².